The molecular formula is C16H32N2. The zero-order valence-corrected chi connectivity index (χ0v) is 12.8. The van der Waals surface area contributed by atoms with Crippen LogP contribution in [0.5, 0.6) is 0 Å². The van der Waals surface area contributed by atoms with Crippen LogP contribution in [-0.2, 0) is 0 Å². The first-order valence-corrected chi connectivity index (χ1v) is 7.99. The highest BCUT2D eigenvalue weighted by atomic mass is 15.2. The molecule has 106 valence electrons. The van der Waals surface area contributed by atoms with Crippen molar-refractivity contribution in [3.8, 4) is 0 Å². The Hall–Kier alpha value is -0.0800. The second kappa shape index (κ2) is 5.92. The molecule has 2 aliphatic rings. The van der Waals surface area contributed by atoms with Crippen molar-refractivity contribution in [3.05, 3.63) is 0 Å². The highest BCUT2D eigenvalue weighted by molar-refractivity contribution is 4.95. The van der Waals surface area contributed by atoms with Crippen LogP contribution in [0, 0.1) is 5.41 Å². The van der Waals surface area contributed by atoms with Crippen LogP contribution in [-0.4, -0.2) is 36.1 Å². The van der Waals surface area contributed by atoms with E-state index < -0.39 is 0 Å². The summed E-state index contributed by atoms with van der Waals surface area (Å²) < 4.78 is 0. The molecule has 0 saturated carbocycles. The summed E-state index contributed by atoms with van der Waals surface area (Å²) in [7, 11) is 0. The first-order valence-electron chi connectivity index (χ1n) is 7.99. The van der Waals surface area contributed by atoms with Gasteiger partial charge in [0.25, 0.3) is 0 Å². The SMILES string of the molecule is CCNC1CC2CCCC(C1)N2CCC(C)(C)C. The van der Waals surface area contributed by atoms with Crippen LogP contribution in [0.25, 0.3) is 0 Å². The molecule has 2 rings (SSSR count). The number of hydrogen-bond acceptors (Lipinski definition) is 2. The van der Waals surface area contributed by atoms with Crippen LogP contribution >= 0.6 is 0 Å². The molecule has 0 aromatic carbocycles. The molecule has 2 atom stereocenters. The number of rotatable bonds is 4. The van der Waals surface area contributed by atoms with E-state index >= 15 is 0 Å². The quantitative estimate of drug-likeness (QED) is 0.825. The van der Waals surface area contributed by atoms with Crippen LogP contribution in [0.15, 0.2) is 0 Å². The van der Waals surface area contributed by atoms with Gasteiger partial charge in [0.15, 0.2) is 0 Å². The van der Waals surface area contributed by atoms with Gasteiger partial charge in [0.05, 0.1) is 0 Å². The Morgan fingerprint density at radius 2 is 1.72 bits per heavy atom. The van der Waals surface area contributed by atoms with Gasteiger partial charge < -0.3 is 5.32 Å². The lowest BCUT2D eigenvalue weighted by Crippen LogP contribution is -2.56. The van der Waals surface area contributed by atoms with Gasteiger partial charge in [-0.3, -0.25) is 4.90 Å². The fourth-order valence-corrected chi connectivity index (χ4v) is 3.76. The minimum absolute atomic E-state index is 0.479. The Labute approximate surface area is 114 Å². The molecule has 2 heteroatoms. The molecule has 0 amide bonds. The average Bonchev–Trinajstić information content (AvgIpc) is 2.25. The van der Waals surface area contributed by atoms with Gasteiger partial charge in [0.2, 0.25) is 0 Å². The standard InChI is InChI=1S/C16H32N2/c1-5-17-13-11-14-7-6-8-15(12-13)18(14)10-9-16(2,3)4/h13-15,17H,5-12H2,1-4H3. The Bertz CT molecular complexity index is 242. The van der Waals surface area contributed by atoms with Crippen molar-refractivity contribution in [3.63, 3.8) is 0 Å². The maximum absolute atomic E-state index is 3.68. The predicted octanol–water partition coefficient (Wildman–Crippen LogP) is 3.42. The maximum atomic E-state index is 3.68. The maximum Gasteiger partial charge on any atom is 0.0113 e. The second-order valence-corrected chi connectivity index (χ2v) is 7.51. The van der Waals surface area contributed by atoms with Crippen LogP contribution in [0.2, 0.25) is 0 Å². The number of fused-ring (bicyclic) bond motifs is 2. The van der Waals surface area contributed by atoms with Crippen molar-refractivity contribution in [2.75, 3.05) is 13.1 Å². The van der Waals surface area contributed by atoms with Crippen molar-refractivity contribution < 1.29 is 0 Å². The van der Waals surface area contributed by atoms with E-state index in [0.29, 0.717) is 5.41 Å². The second-order valence-electron chi connectivity index (χ2n) is 7.51. The molecule has 2 saturated heterocycles. The number of nitrogens with one attached hydrogen (secondary N) is 1. The topological polar surface area (TPSA) is 15.3 Å². The van der Waals surface area contributed by atoms with Crippen LogP contribution < -0.4 is 5.32 Å². The lowest BCUT2D eigenvalue weighted by atomic mass is 9.80. The van der Waals surface area contributed by atoms with Gasteiger partial charge in [-0.25, -0.2) is 0 Å². The van der Waals surface area contributed by atoms with Crippen molar-refractivity contribution in [1.29, 1.82) is 0 Å². The average molecular weight is 252 g/mol. The first kappa shape index (κ1) is 14.3. The molecule has 0 aromatic heterocycles. The van der Waals surface area contributed by atoms with Crippen LogP contribution in [0.1, 0.15) is 66.2 Å². The van der Waals surface area contributed by atoms with Gasteiger partial charge in [-0.05, 0) is 50.6 Å². The van der Waals surface area contributed by atoms with Crippen molar-refractivity contribution in [2.24, 2.45) is 5.41 Å². The fraction of sp³-hybridized carbons (Fsp3) is 1.00. The van der Waals surface area contributed by atoms with E-state index in [-0.39, 0.29) is 0 Å². The molecule has 2 nitrogen and oxygen atoms in total. The Morgan fingerprint density at radius 1 is 1.11 bits per heavy atom. The molecule has 18 heavy (non-hydrogen) atoms. The number of nitrogens with zero attached hydrogens (tertiary/aromatic N) is 1. The van der Waals surface area contributed by atoms with Crippen LogP contribution in [0.3, 0.4) is 0 Å². The zero-order chi connectivity index (χ0) is 13.2. The van der Waals surface area contributed by atoms with Gasteiger partial charge in [-0.1, -0.05) is 34.1 Å². The van der Waals surface area contributed by atoms with Gasteiger partial charge in [-0.15, -0.1) is 0 Å². The van der Waals surface area contributed by atoms with E-state index in [1.54, 1.807) is 0 Å². The van der Waals surface area contributed by atoms with Gasteiger partial charge in [0.1, 0.15) is 0 Å². The summed E-state index contributed by atoms with van der Waals surface area (Å²) in [5.74, 6) is 0. The summed E-state index contributed by atoms with van der Waals surface area (Å²) in [6, 6.07) is 2.52. The molecular weight excluding hydrogens is 220 g/mol. The molecule has 0 radical (unpaired) electrons. The van der Waals surface area contributed by atoms with E-state index in [9.17, 15) is 0 Å². The molecule has 2 unspecified atom stereocenters. The minimum Gasteiger partial charge on any atom is -0.314 e. The normalized spacial score (nSPS) is 33.7. The zero-order valence-electron chi connectivity index (χ0n) is 12.8. The summed E-state index contributed by atoms with van der Waals surface area (Å²) in [5, 5.41) is 3.68. The Morgan fingerprint density at radius 3 is 2.22 bits per heavy atom. The summed E-state index contributed by atoms with van der Waals surface area (Å²) in [6.07, 6.45) is 8.43. The summed E-state index contributed by atoms with van der Waals surface area (Å²) in [6.45, 7) is 11.8. The molecule has 2 bridgehead atoms. The summed E-state index contributed by atoms with van der Waals surface area (Å²) in [4.78, 5) is 2.85. The summed E-state index contributed by atoms with van der Waals surface area (Å²) in [5.41, 5.74) is 0.479. The van der Waals surface area contributed by atoms with Crippen LogP contribution in [0.4, 0.5) is 0 Å². The smallest absolute Gasteiger partial charge is 0.0113 e. The molecule has 0 spiro atoms. The van der Waals surface area contributed by atoms with E-state index in [0.717, 1.165) is 24.7 Å². The van der Waals surface area contributed by atoms with E-state index in [1.165, 1.54) is 45.1 Å². The van der Waals surface area contributed by atoms with Crippen molar-refractivity contribution in [2.45, 2.75) is 84.3 Å². The van der Waals surface area contributed by atoms with E-state index in [1.807, 2.05) is 0 Å². The molecule has 0 aromatic rings. The first-order chi connectivity index (χ1) is 8.49. The van der Waals surface area contributed by atoms with Gasteiger partial charge in [-0.2, -0.15) is 0 Å². The highest BCUT2D eigenvalue weighted by Crippen LogP contribution is 2.35. The predicted molar refractivity (Wildman–Crippen MR) is 78.9 cm³/mol. The fourth-order valence-electron chi connectivity index (χ4n) is 3.76. The van der Waals surface area contributed by atoms with E-state index in [4.69, 9.17) is 0 Å². The molecule has 2 fully saturated rings. The molecule has 2 aliphatic heterocycles. The Kier molecular flexibility index (Phi) is 4.71. The number of hydrogen-bond donors (Lipinski definition) is 1. The monoisotopic (exact) mass is 252 g/mol. The Balaban J connectivity index is 1.91. The molecule has 2 heterocycles. The molecule has 0 aliphatic carbocycles. The van der Waals surface area contributed by atoms with Gasteiger partial charge >= 0.3 is 0 Å². The number of piperidine rings is 2. The highest BCUT2D eigenvalue weighted by Gasteiger charge is 2.37. The lowest BCUT2D eigenvalue weighted by Gasteiger charge is -2.49. The van der Waals surface area contributed by atoms with Crippen molar-refractivity contribution >= 4 is 0 Å². The van der Waals surface area contributed by atoms with E-state index in [2.05, 4.69) is 37.9 Å². The third-order valence-electron chi connectivity index (χ3n) is 4.74. The van der Waals surface area contributed by atoms with Crippen molar-refractivity contribution in [1.82, 2.24) is 10.2 Å². The third kappa shape index (κ3) is 3.71. The largest absolute Gasteiger partial charge is 0.314 e. The lowest BCUT2D eigenvalue weighted by molar-refractivity contribution is 0.0174. The third-order valence-corrected chi connectivity index (χ3v) is 4.74. The summed E-state index contributed by atoms with van der Waals surface area (Å²) >= 11 is 0. The molecule has 1 N–H and O–H groups in total. The minimum atomic E-state index is 0.479. The van der Waals surface area contributed by atoms with Gasteiger partial charge in [0, 0.05) is 18.1 Å².